The molecular weight excluding hydrogens is 274 g/mol. The molecule has 0 amide bonds. The normalized spacial score (nSPS) is 12.7. The Bertz CT molecular complexity index is 456. The Morgan fingerprint density at radius 3 is 2.73 bits per heavy atom. The number of hydrogen-bond acceptors (Lipinski definition) is 3. The lowest BCUT2D eigenvalue weighted by atomic mass is 10.1. The molecule has 1 atom stereocenters. The lowest BCUT2D eigenvalue weighted by Gasteiger charge is -2.10. The molecule has 4 heteroatoms. The van der Waals surface area contributed by atoms with Crippen LogP contribution in [0.3, 0.4) is 0 Å². The first-order chi connectivity index (χ1) is 7.18. The Hall–Kier alpha value is -0.840. The van der Waals surface area contributed by atoms with Crippen molar-refractivity contribution in [3.8, 4) is 5.75 Å². The molecule has 2 rings (SSSR count). The Labute approximate surface area is 100 Å². The van der Waals surface area contributed by atoms with Gasteiger partial charge in [-0.15, -0.1) is 11.3 Å². The van der Waals surface area contributed by atoms with Crippen LogP contribution in [0, 0.1) is 0 Å². The number of rotatable bonds is 2. The van der Waals surface area contributed by atoms with Gasteiger partial charge >= 0.3 is 0 Å². The van der Waals surface area contributed by atoms with Gasteiger partial charge in [0.05, 0.1) is 10.5 Å². The van der Waals surface area contributed by atoms with E-state index in [1.807, 2.05) is 29.6 Å². The van der Waals surface area contributed by atoms with Crippen LogP contribution in [0.1, 0.15) is 16.5 Å². The van der Waals surface area contributed by atoms with Crippen LogP contribution < -0.4 is 5.73 Å². The number of halogens is 1. The van der Waals surface area contributed by atoms with Crippen LogP contribution in [0.5, 0.6) is 5.75 Å². The minimum absolute atomic E-state index is 0.123. The smallest absolute Gasteiger partial charge is 0.129 e. The highest BCUT2D eigenvalue weighted by molar-refractivity contribution is 9.10. The van der Waals surface area contributed by atoms with Gasteiger partial charge in [-0.25, -0.2) is 0 Å². The van der Waals surface area contributed by atoms with E-state index < -0.39 is 0 Å². The Morgan fingerprint density at radius 1 is 1.33 bits per heavy atom. The summed E-state index contributed by atoms with van der Waals surface area (Å²) in [5.74, 6) is 0.233. The van der Waals surface area contributed by atoms with Gasteiger partial charge in [0.15, 0.2) is 0 Å². The number of nitrogens with two attached hydrogens (primary N) is 1. The van der Waals surface area contributed by atoms with Crippen LogP contribution in [0.15, 0.2) is 40.2 Å². The molecule has 0 saturated heterocycles. The first kappa shape index (κ1) is 10.7. The molecule has 0 spiro atoms. The predicted molar refractivity (Wildman–Crippen MR) is 66.2 cm³/mol. The third-order valence-corrected chi connectivity index (χ3v) is 3.77. The molecule has 0 bridgehead atoms. The van der Waals surface area contributed by atoms with Crippen molar-refractivity contribution in [3.05, 3.63) is 50.6 Å². The van der Waals surface area contributed by atoms with Crippen LogP contribution in [0.2, 0.25) is 0 Å². The molecule has 0 aliphatic carbocycles. The van der Waals surface area contributed by atoms with Gasteiger partial charge in [-0.3, -0.25) is 0 Å². The zero-order valence-electron chi connectivity index (χ0n) is 7.85. The standard InChI is InChI=1S/C11H10BrNOS/c12-8-6-7(3-4-9(8)14)11(13)10-2-1-5-15-10/h1-6,11,14H,13H2/t11-/m0/s1. The molecule has 0 radical (unpaired) electrons. The summed E-state index contributed by atoms with van der Waals surface area (Å²) < 4.78 is 0.673. The highest BCUT2D eigenvalue weighted by Crippen LogP contribution is 2.30. The Balaban J connectivity index is 2.34. The topological polar surface area (TPSA) is 46.2 Å². The van der Waals surface area contributed by atoms with Gasteiger partial charge in [-0.2, -0.15) is 0 Å². The van der Waals surface area contributed by atoms with Gasteiger partial charge in [0.2, 0.25) is 0 Å². The molecule has 0 aliphatic rings. The number of benzene rings is 1. The molecule has 1 aromatic carbocycles. The highest BCUT2D eigenvalue weighted by atomic mass is 79.9. The van der Waals surface area contributed by atoms with Crippen LogP contribution in [0.25, 0.3) is 0 Å². The van der Waals surface area contributed by atoms with Gasteiger partial charge in [0.25, 0.3) is 0 Å². The fraction of sp³-hybridized carbons (Fsp3) is 0.0909. The number of aromatic hydroxyl groups is 1. The van der Waals surface area contributed by atoms with Gasteiger partial charge in [-0.05, 0) is 45.1 Å². The zero-order chi connectivity index (χ0) is 10.8. The molecule has 1 heterocycles. The Kier molecular flexibility index (Phi) is 3.09. The summed E-state index contributed by atoms with van der Waals surface area (Å²) in [6.07, 6.45) is 0. The summed E-state index contributed by atoms with van der Waals surface area (Å²) >= 11 is 4.91. The van der Waals surface area contributed by atoms with E-state index in [9.17, 15) is 5.11 Å². The maximum atomic E-state index is 9.37. The van der Waals surface area contributed by atoms with Crippen molar-refractivity contribution in [2.75, 3.05) is 0 Å². The molecule has 0 aliphatic heterocycles. The molecule has 2 nitrogen and oxygen atoms in total. The van der Waals surface area contributed by atoms with Gasteiger partial charge in [0, 0.05) is 4.88 Å². The third-order valence-electron chi connectivity index (χ3n) is 2.18. The predicted octanol–water partition coefficient (Wildman–Crippen LogP) is 3.26. The third kappa shape index (κ3) is 2.22. The Morgan fingerprint density at radius 2 is 2.13 bits per heavy atom. The SMILES string of the molecule is N[C@@H](c1ccc(O)c(Br)c1)c1cccs1. The summed E-state index contributed by atoms with van der Waals surface area (Å²) in [5, 5.41) is 11.4. The van der Waals surface area contributed by atoms with Crippen LogP contribution >= 0.6 is 27.3 Å². The quantitative estimate of drug-likeness (QED) is 0.889. The average molecular weight is 284 g/mol. The second kappa shape index (κ2) is 4.35. The van der Waals surface area contributed by atoms with E-state index in [0.717, 1.165) is 10.4 Å². The molecule has 1 aromatic heterocycles. The van der Waals surface area contributed by atoms with Crippen LogP contribution in [-0.2, 0) is 0 Å². The van der Waals surface area contributed by atoms with Gasteiger partial charge in [0.1, 0.15) is 5.75 Å². The molecule has 0 saturated carbocycles. The molecule has 0 unspecified atom stereocenters. The molecule has 3 N–H and O–H groups in total. The van der Waals surface area contributed by atoms with E-state index in [-0.39, 0.29) is 11.8 Å². The van der Waals surface area contributed by atoms with E-state index >= 15 is 0 Å². The van der Waals surface area contributed by atoms with E-state index in [1.54, 1.807) is 17.4 Å². The van der Waals surface area contributed by atoms with E-state index in [1.165, 1.54) is 0 Å². The van der Waals surface area contributed by atoms with Crippen LogP contribution in [-0.4, -0.2) is 5.11 Å². The second-order valence-electron chi connectivity index (χ2n) is 3.20. The largest absolute Gasteiger partial charge is 0.507 e. The first-order valence-electron chi connectivity index (χ1n) is 4.46. The fourth-order valence-corrected chi connectivity index (χ4v) is 2.50. The number of phenols is 1. The van der Waals surface area contributed by atoms with E-state index in [4.69, 9.17) is 5.73 Å². The van der Waals surface area contributed by atoms with Crippen molar-refractivity contribution >= 4 is 27.3 Å². The second-order valence-corrected chi connectivity index (χ2v) is 5.04. The number of hydrogen-bond donors (Lipinski definition) is 2. The van der Waals surface area contributed by atoms with Gasteiger partial charge in [-0.1, -0.05) is 12.1 Å². The fourth-order valence-electron chi connectivity index (χ4n) is 1.35. The monoisotopic (exact) mass is 283 g/mol. The van der Waals surface area contributed by atoms with Crippen molar-refractivity contribution in [2.24, 2.45) is 5.73 Å². The van der Waals surface area contributed by atoms with Gasteiger partial charge < -0.3 is 10.8 Å². The lowest BCUT2D eigenvalue weighted by molar-refractivity contribution is 0.471. The van der Waals surface area contributed by atoms with Crippen molar-refractivity contribution < 1.29 is 5.11 Å². The summed E-state index contributed by atoms with van der Waals surface area (Å²) in [6, 6.07) is 9.20. The van der Waals surface area contributed by atoms with Crippen LogP contribution in [0.4, 0.5) is 0 Å². The van der Waals surface area contributed by atoms with E-state index in [0.29, 0.717) is 4.47 Å². The molecule has 0 fully saturated rings. The lowest BCUT2D eigenvalue weighted by Crippen LogP contribution is -2.09. The maximum absolute atomic E-state index is 9.37. The highest BCUT2D eigenvalue weighted by Gasteiger charge is 2.11. The summed E-state index contributed by atoms with van der Waals surface area (Å²) in [5.41, 5.74) is 7.08. The summed E-state index contributed by atoms with van der Waals surface area (Å²) in [6.45, 7) is 0. The summed E-state index contributed by atoms with van der Waals surface area (Å²) in [4.78, 5) is 1.12. The van der Waals surface area contributed by atoms with Crippen molar-refractivity contribution in [3.63, 3.8) is 0 Å². The number of phenolic OH excluding ortho intramolecular Hbond substituents is 1. The average Bonchev–Trinajstić information content (AvgIpc) is 2.74. The van der Waals surface area contributed by atoms with Crippen molar-refractivity contribution in [2.45, 2.75) is 6.04 Å². The van der Waals surface area contributed by atoms with Crippen molar-refractivity contribution in [1.82, 2.24) is 0 Å². The first-order valence-corrected chi connectivity index (χ1v) is 6.13. The molecular formula is C11H10BrNOS. The minimum Gasteiger partial charge on any atom is -0.507 e. The maximum Gasteiger partial charge on any atom is 0.129 e. The summed E-state index contributed by atoms with van der Waals surface area (Å²) in [7, 11) is 0. The molecule has 78 valence electrons. The molecule has 2 aromatic rings. The minimum atomic E-state index is -0.123. The van der Waals surface area contributed by atoms with Crippen molar-refractivity contribution in [1.29, 1.82) is 0 Å². The van der Waals surface area contributed by atoms with E-state index in [2.05, 4.69) is 15.9 Å². The zero-order valence-corrected chi connectivity index (χ0v) is 10.3. The molecule has 15 heavy (non-hydrogen) atoms. The number of thiophene rings is 1.